The zero-order valence-corrected chi connectivity index (χ0v) is 17.2. The maximum absolute atomic E-state index is 12.9. The van der Waals surface area contributed by atoms with Gasteiger partial charge < -0.3 is 14.5 Å². The van der Waals surface area contributed by atoms with Crippen LogP contribution in [0.3, 0.4) is 0 Å². The van der Waals surface area contributed by atoms with E-state index < -0.39 is 5.91 Å². The fourth-order valence-electron chi connectivity index (χ4n) is 3.19. The lowest BCUT2D eigenvalue weighted by Gasteiger charge is -2.19. The number of anilines is 1. The molecule has 1 aliphatic heterocycles. The molecular weight excluding hydrogens is 413 g/mol. The van der Waals surface area contributed by atoms with E-state index in [9.17, 15) is 9.18 Å². The molecule has 1 aromatic carbocycles. The molecule has 3 heterocycles. The van der Waals surface area contributed by atoms with E-state index in [0.29, 0.717) is 23.4 Å². The van der Waals surface area contributed by atoms with Crippen LogP contribution in [0.5, 0.6) is 5.75 Å². The second-order valence-corrected chi connectivity index (χ2v) is 6.90. The van der Waals surface area contributed by atoms with Gasteiger partial charge in [0.2, 0.25) is 5.95 Å². The van der Waals surface area contributed by atoms with Crippen LogP contribution in [0.1, 0.15) is 40.9 Å². The predicted molar refractivity (Wildman–Crippen MR) is 110 cm³/mol. The van der Waals surface area contributed by atoms with Crippen molar-refractivity contribution in [3.63, 3.8) is 0 Å². The van der Waals surface area contributed by atoms with E-state index in [-0.39, 0.29) is 30.6 Å². The van der Waals surface area contributed by atoms with Crippen LogP contribution in [0.15, 0.2) is 40.8 Å². The fraction of sp³-hybridized carbons (Fsp3) is 0.350. The Labute approximate surface area is 179 Å². The molecule has 1 saturated heterocycles. The Kier molecular flexibility index (Phi) is 7.07. The summed E-state index contributed by atoms with van der Waals surface area (Å²) in [7, 11) is 1.75. The molecule has 2 aromatic heterocycles. The van der Waals surface area contributed by atoms with E-state index in [1.54, 1.807) is 23.9 Å². The first-order valence-electron chi connectivity index (χ1n) is 9.48. The molecule has 0 aliphatic carbocycles. The number of benzene rings is 1. The third kappa shape index (κ3) is 5.17. The number of carbonyl (C=O) groups excluding carboxylic acids is 1. The van der Waals surface area contributed by atoms with Crippen LogP contribution in [0.4, 0.5) is 10.3 Å². The molecule has 30 heavy (non-hydrogen) atoms. The van der Waals surface area contributed by atoms with Crippen molar-refractivity contribution in [2.75, 3.05) is 18.4 Å². The molecule has 3 aromatic rings. The molecule has 0 radical (unpaired) electrons. The van der Waals surface area contributed by atoms with E-state index in [4.69, 9.17) is 9.15 Å². The quantitative estimate of drug-likeness (QED) is 0.617. The molecular formula is C20H23ClFN5O3. The number of furan rings is 1. The molecule has 4 rings (SSSR count). The SMILES string of the molecule is Cl.Cn1nc(C2CCNCC2)nc1NC(=O)c1ccc(COc2ccc(F)cc2)o1. The van der Waals surface area contributed by atoms with Crippen molar-refractivity contribution >= 4 is 24.3 Å². The van der Waals surface area contributed by atoms with Gasteiger partial charge in [-0.1, -0.05) is 0 Å². The minimum absolute atomic E-state index is 0. The summed E-state index contributed by atoms with van der Waals surface area (Å²) in [5.74, 6) is 1.82. The van der Waals surface area contributed by atoms with Gasteiger partial charge in [-0.25, -0.2) is 9.07 Å². The Hall–Kier alpha value is -2.91. The minimum atomic E-state index is -0.412. The van der Waals surface area contributed by atoms with Gasteiger partial charge in [0.15, 0.2) is 11.6 Å². The van der Waals surface area contributed by atoms with Gasteiger partial charge in [0.05, 0.1) is 0 Å². The molecule has 2 N–H and O–H groups in total. The van der Waals surface area contributed by atoms with Crippen molar-refractivity contribution in [3.8, 4) is 5.75 Å². The first-order valence-corrected chi connectivity index (χ1v) is 9.48. The summed E-state index contributed by atoms with van der Waals surface area (Å²) in [5, 5.41) is 10.5. The standard InChI is InChI=1S/C20H22FN5O3.ClH/c1-26-20(23-18(25-26)13-8-10-22-11-9-13)24-19(27)17-7-6-16(29-17)12-28-15-4-2-14(21)3-5-15;/h2-7,13,22H,8-12H2,1H3,(H,23,24,25,27);1H. The van der Waals surface area contributed by atoms with Crippen LogP contribution in [-0.4, -0.2) is 33.8 Å². The lowest BCUT2D eigenvalue weighted by molar-refractivity contribution is 0.0991. The number of piperidine rings is 1. The summed E-state index contributed by atoms with van der Waals surface area (Å²) in [6, 6.07) is 8.92. The van der Waals surface area contributed by atoms with Crippen molar-refractivity contribution in [1.82, 2.24) is 20.1 Å². The van der Waals surface area contributed by atoms with Gasteiger partial charge in [-0.15, -0.1) is 12.4 Å². The van der Waals surface area contributed by atoms with E-state index in [1.807, 2.05) is 0 Å². The number of ether oxygens (including phenoxy) is 1. The van der Waals surface area contributed by atoms with Crippen molar-refractivity contribution in [1.29, 1.82) is 0 Å². The molecule has 1 amide bonds. The van der Waals surface area contributed by atoms with Gasteiger partial charge in [-0.05, 0) is 62.3 Å². The van der Waals surface area contributed by atoms with Gasteiger partial charge in [-0.3, -0.25) is 10.1 Å². The maximum atomic E-state index is 12.9. The lowest BCUT2D eigenvalue weighted by atomic mass is 9.98. The second-order valence-electron chi connectivity index (χ2n) is 6.90. The lowest BCUT2D eigenvalue weighted by Crippen LogP contribution is -2.27. The maximum Gasteiger partial charge on any atom is 0.293 e. The van der Waals surface area contributed by atoms with E-state index >= 15 is 0 Å². The monoisotopic (exact) mass is 435 g/mol. The summed E-state index contributed by atoms with van der Waals surface area (Å²) in [6.07, 6.45) is 1.96. The van der Waals surface area contributed by atoms with Crippen LogP contribution in [0, 0.1) is 5.82 Å². The average Bonchev–Trinajstić information content (AvgIpc) is 3.35. The third-order valence-electron chi connectivity index (χ3n) is 4.79. The highest BCUT2D eigenvalue weighted by Gasteiger charge is 2.22. The Morgan fingerprint density at radius 2 is 2.00 bits per heavy atom. The highest BCUT2D eigenvalue weighted by molar-refractivity contribution is 6.01. The van der Waals surface area contributed by atoms with Gasteiger partial charge in [0.25, 0.3) is 5.91 Å². The Morgan fingerprint density at radius 1 is 1.27 bits per heavy atom. The van der Waals surface area contributed by atoms with Crippen LogP contribution < -0.4 is 15.4 Å². The third-order valence-corrected chi connectivity index (χ3v) is 4.79. The molecule has 0 atom stereocenters. The molecule has 0 unspecified atom stereocenters. The topological polar surface area (TPSA) is 94.2 Å². The van der Waals surface area contributed by atoms with Crippen molar-refractivity contribution < 1.29 is 18.3 Å². The average molecular weight is 436 g/mol. The van der Waals surface area contributed by atoms with Crippen molar-refractivity contribution in [2.24, 2.45) is 7.05 Å². The smallest absolute Gasteiger partial charge is 0.293 e. The first-order chi connectivity index (χ1) is 14.1. The molecule has 1 aliphatic rings. The summed E-state index contributed by atoms with van der Waals surface area (Å²) < 4.78 is 25.6. The normalized spacial score (nSPS) is 14.2. The largest absolute Gasteiger partial charge is 0.486 e. The van der Waals surface area contributed by atoms with E-state index in [1.165, 1.54) is 24.3 Å². The minimum Gasteiger partial charge on any atom is -0.486 e. The van der Waals surface area contributed by atoms with Gasteiger partial charge >= 0.3 is 0 Å². The molecule has 0 saturated carbocycles. The highest BCUT2D eigenvalue weighted by atomic mass is 35.5. The van der Waals surface area contributed by atoms with Crippen molar-refractivity contribution in [2.45, 2.75) is 25.4 Å². The molecule has 1 fully saturated rings. The van der Waals surface area contributed by atoms with E-state index in [2.05, 4.69) is 20.7 Å². The number of aromatic nitrogens is 3. The van der Waals surface area contributed by atoms with Gasteiger partial charge in [-0.2, -0.15) is 10.1 Å². The molecule has 160 valence electrons. The number of hydrogen-bond donors (Lipinski definition) is 2. The Morgan fingerprint density at radius 3 is 2.73 bits per heavy atom. The molecule has 8 nitrogen and oxygen atoms in total. The van der Waals surface area contributed by atoms with Crippen molar-refractivity contribution in [3.05, 3.63) is 59.6 Å². The molecule has 10 heteroatoms. The zero-order valence-electron chi connectivity index (χ0n) is 16.4. The summed E-state index contributed by atoms with van der Waals surface area (Å²) in [4.78, 5) is 17.0. The Balaban J connectivity index is 0.00000256. The molecule has 0 spiro atoms. The highest BCUT2D eigenvalue weighted by Crippen LogP contribution is 2.23. The number of carbonyl (C=O) groups is 1. The first kappa shape index (κ1) is 21.8. The fourth-order valence-corrected chi connectivity index (χ4v) is 3.19. The summed E-state index contributed by atoms with van der Waals surface area (Å²) >= 11 is 0. The summed E-state index contributed by atoms with van der Waals surface area (Å²) in [5.41, 5.74) is 0. The van der Waals surface area contributed by atoms with E-state index in [0.717, 1.165) is 31.8 Å². The summed E-state index contributed by atoms with van der Waals surface area (Å²) in [6.45, 7) is 2.02. The van der Waals surface area contributed by atoms with Crippen LogP contribution in [0.25, 0.3) is 0 Å². The second kappa shape index (κ2) is 9.73. The van der Waals surface area contributed by atoms with Gasteiger partial charge in [0.1, 0.15) is 23.9 Å². The number of amides is 1. The molecule has 0 bridgehead atoms. The van der Waals surface area contributed by atoms with Crippen LogP contribution in [-0.2, 0) is 13.7 Å². The van der Waals surface area contributed by atoms with Gasteiger partial charge in [0, 0.05) is 13.0 Å². The van der Waals surface area contributed by atoms with Crippen LogP contribution >= 0.6 is 12.4 Å². The number of halogens is 2. The zero-order chi connectivity index (χ0) is 20.2. The number of nitrogens with zero attached hydrogens (tertiary/aromatic N) is 3. The number of aryl methyl sites for hydroxylation is 1. The number of rotatable bonds is 6. The number of nitrogens with one attached hydrogen (secondary N) is 2. The van der Waals surface area contributed by atoms with Crippen LogP contribution in [0.2, 0.25) is 0 Å². The predicted octanol–water partition coefficient (Wildman–Crippen LogP) is 3.27. The Bertz CT molecular complexity index is 983. The number of hydrogen-bond acceptors (Lipinski definition) is 6.